The van der Waals surface area contributed by atoms with Crippen LogP contribution in [0.25, 0.3) is 0 Å². The minimum Gasteiger partial charge on any atom is -0.324 e. The molecule has 0 radical (unpaired) electrons. The minimum atomic E-state index is -3.15. The number of hydrogen-bond donors (Lipinski definition) is 1. The van der Waals surface area contributed by atoms with E-state index in [1.54, 1.807) is 0 Å². The van der Waals surface area contributed by atoms with Crippen molar-refractivity contribution in [3.8, 4) is 0 Å². The number of rotatable bonds is 1. The lowest BCUT2D eigenvalue weighted by molar-refractivity contribution is 0.322. The molecule has 4 heteroatoms. The van der Waals surface area contributed by atoms with Crippen LogP contribution in [0.3, 0.4) is 0 Å². The maximum Gasteiger partial charge on any atom is 0.324 e. The van der Waals surface area contributed by atoms with Crippen LogP contribution in [0, 0.1) is 7.43 Å². The molecular formula is C3H10O3P+. The van der Waals surface area contributed by atoms with Crippen LogP contribution in [-0.4, -0.2) is 18.7 Å². The first-order chi connectivity index (χ1) is 2.56. The second kappa shape index (κ2) is 3.08. The van der Waals surface area contributed by atoms with Crippen molar-refractivity contribution in [3.05, 3.63) is 7.43 Å². The first-order valence-electron chi connectivity index (χ1n) is 1.42. The standard InChI is InChI=1S/C2H7O3P.CH3/c1-5-6(2,3)4;/h1-2H3,(H,3,4);1H3/q;+1. The van der Waals surface area contributed by atoms with E-state index >= 15 is 0 Å². The SMILES string of the molecule is COP(C)(=O)O.[CH3+]. The molecule has 0 aliphatic rings. The van der Waals surface area contributed by atoms with Crippen LogP contribution in [0.2, 0.25) is 0 Å². The van der Waals surface area contributed by atoms with Crippen LogP contribution in [0.4, 0.5) is 0 Å². The molecule has 1 atom stereocenters. The summed E-state index contributed by atoms with van der Waals surface area (Å²) in [6, 6.07) is 0. The summed E-state index contributed by atoms with van der Waals surface area (Å²) in [7, 11) is -1.95. The molecule has 0 aromatic rings. The average molecular weight is 125 g/mol. The molecule has 0 saturated carbocycles. The molecule has 0 fully saturated rings. The molecule has 0 amide bonds. The van der Waals surface area contributed by atoms with E-state index in [1.807, 2.05) is 0 Å². The molecule has 0 heterocycles. The number of hydrogen-bond acceptors (Lipinski definition) is 2. The monoisotopic (exact) mass is 125 g/mol. The summed E-state index contributed by atoms with van der Waals surface area (Å²) in [5.41, 5.74) is 0. The zero-order chi connectivity index (χ0) is 5.21. The molecule has 0 aromatic carbocycles. The first kappa shape index (κ1) is 10.1. The van der Waals surface area contributed by atoms with Gasteiger partial charge >= 0.3 is 7.60 Å². The van der Waals surface area contributed by atoms with Gasteiger partial charge in [0, 0.05) is 21.2 Å². The highest BCUT2D eigenvalue weighted by molar-refractivity contribution is 7.51. The van der Waals surface area contributed by atoms with Crippen LogP contribution in [0.1, 0.15) is 0 Å². The topological polar surface area (TPSA) is 46.5 Å². The third-order valence-electron chi connectivity index (χ3n) is 0.339. The van der Waals surface area contributed by atoms with E-state index < -0.39 is 7.60 Å². The van der Waals surface area contributed by atoms with Crippen molar-refractivity contribution in [3.63, 3.8) is 0 Å². The van der Waals surface area contributed by atoms with Crippen molar-refractivity contribution in [1.82, 2.24) is 0 Å². The van der Waals surface area contributed by atoms with Gasteiger partial charge in [0.15, 0.2) is 0 Å². The van der Waals surface area contributed by atoms with E-state index in [-0.39, 0.29) is 7.43 Å². The van der Waals surface area contributed by atoms with Crippen LogP contribution in [-0.2, 0) is 9.09 Å². The lowest BCUT2D eigenvalue weighted by Gasteiger charge is -1.96. The van der Waals surface area contributed by atoms with Crippen LogP contribution in [0.5, 0.6) is 0 Å². The normalized spacial score (nSPS) is 17.0. The molecule has 7 heavy (non-hydrogen) atoms. The van der Waals surface area contributed by atoms with Gasteiger partial charge in [-0.2, -0.15) is 0 Å². The zero-order valence-electron chi connectivity index (χ0n) is 4.71. The summed E-state index contributed by atoms with van der Waals surface area (Å²) in [6.07, 6.45) is 0. The summed E-state index contributed by atoms with van der Waals surface area (Å²) >= 11 is 0. The summed E-state index contributed by atoms with van der Waals surface area (Å²) in [4.78, 5) is 8.16. The van der Waals surface area contributed by atoms with Crippen molar-refractivity contribution in [2.75, 3.05) is 13.8 Å². The van der Waals surface area contributed by atoms with Gasteiger partial charge in [-0.15, -0.1) is 0 Å². The molecule has 1 unspecified atom stereocenters. The van der Waals surface area contributed by atoms with Crippen molar-refractivity contribution >= 4 is 7.60 Å². The highest BCUT2D eigenvalue weighted by Crippen LogP contribution is 2.34. The van der Waals surface area contributed by atoms with Gasteiger partial charge in [-0.1, -0.05) is 0 Å². The Kier molecular flexibility index (Phi) is 4.44. The predicted octanol–water partition coefficient (Wildman–Crippen LogP) is 0.898. The molecule has 0 aliphatic carbocycles. The Balaban J connectivity index is 0. The second-order valence-electron chi connectivity index (χ2n) is 0.986. The Bertz CT molecular complexity index is 74.2. The molecule has 0 saturated heterocycles. The van der Waals surface area contributed by atoms with E-state index in [0.29, 0.717) is 0 Å². The fraction of sp³-hybridized carbons (Fsp3) is 0.667. The van der Waals surface area contributed by atoms with Gasteiger partial charge in [-0.25, -0.2) is 0 Å². The fourth-order valence-electron chi connectivity index (χ4n) is 0. The van der Waals surface area contributed by atoms with Crippen LogP contribution < -0.4 is 0 Å². The van der Waals surface area contributed by atoms with Gasteiger partial charge < -0.3 is 9.42 Å². The van der Waals surface area contributed by atoms with Crippen molar-refractivity contribution in [1.29, 1.82) is 0 Å². The maximum absolute atomic E-state index is 9.92. The second-order valence-corrected chi connectivity index (χ2v) is 2.96. The minimum absolute atomic E-state index is 0. The third-order valence-corrected chi connectivity index (χ3v) is 1.02. The van der Waals surface area contributed by atoms with Gasteiger partial charge in [-0.05, 0) is 0 Å². The Morgan fingerprint density at radius 1 is 1.71 bits per heavy atom. The Morgan fingerprint density at radius 2 is 1.86 bits per heavy atom. The predicted molar refractivity (Wildman–Crippen MR) is 29.2 cm³/mol. The Hall–Kier alpha value is 0.0200. The smallest absolute Gasteiger partial charge is 0.324 e. The first-order valence-corrected chi connectivity index (χ1v) is 3.45. The quantitative estimate of drug-likeness (QED) is 0.418. The Morgan fingerprint density at radius 3 is 1.86 bits per heavy atom. The largest absolute Gasteiger partial charge is 0.324 e. The summed E-state index contributed by atoms with van der Waals surface area (Å²) in [5.74, 6) is 0. The summed E-state index contributed by atoms with van der Waals surface area (Å²) in [6.45, 7) is 1.13. The maximum atomic E-state index is 9.92. The molecule has 3 nitrogen and oxygen atoms in total. The molecule has 0 bridgehead atoms. The van der Waals surface area contributed by atoms with Gasteiger partial charge in [0.25, 0.3) is 0 Å². The van der Waals surface area contributed by atoms with Crippen molar-refractivity contribution in [2.24, 2.45) is 0 Å². The van der Waals surface area contributed by atoms with E-state index in [4.69, 9.17) is 4.89 Å². The van der Waals surface area contributed by atoms with Crippen molar-refractivity contribution < 1.29 is 14.0 Å². The highest BCUT2D eigenvalue weighted by atomic mass is 31.2. The van der Waals surface area contributed by atoms with Gasteiger partial charge in [0.2, 0.25) is 0 Å². The molecule has 0 spiro atoms. The van der Waals surface area contributed by atoms with Gasteiger partial charge in [-0.3, -0.25) is 4.57 Å². The summed E-state index contributed by atoms with van der Waals surface area (Å²) in [5, 5.41) is 0. The lowest BCUT2D eigenvalue weighted by atomic mass is 11.8. The fourth-order valence-corrected chi connectivity index (χ4v) is 0. The van der Waals surface area contributed by atoms with Crippen molar-refractivity contribution in [2.45, 2.75) is 0 Å². The van der Waals surface area contributed by atoms with E-state index in [1.165, 1.54) is 7.11 Å². The van der Waals surface area contributed by atoms with Crippen LogP contribution >= 0.6 is 7.60 Å². The molecule has 0 aliphatic heterocycles. The average Bonchev–Trinajstić information content (AvgIpc) is 1.35. The molecule has 1 N–H and O–H groups in total. The summed E-state index contributed by atoms with van der Waals surface area (Å²) < 4.78 is 14.0. The molecule has 44 valence electrons. The lowest BCUT2D eigenvalue weighted by Crippen LogP contribution is -1.75. The Labute approximate surface area is 43.8 Å². The van der Waals surface area contributed by atoms with E-state index in [2.05, 4.69) is 4.52 Å². The highest BCUT2D eigenvalue weighted by Gasteiger charge is 2.02. The van der Waals surface area contributed by atoms with Crippen LogP contribution in [0.15, 0.2) is 0 Å². The van der Waals surface area contributed by atoms with Gasteiger partial charge in [0.1, 0.15) is 0 Å². The van der Waals surface area contributed by atoms with Gasteiger partial charge in [0.05, 0.1) is 0 Å². The third kappa shape index (κ3) is 10.7. The molecule has 0 rings (SSSR count). The van der Waals surface area contributed by atoms with E-state index in [9.17, 15) is 4.57 Å². The molecular weight excluding hydrogens is 115 g/mol. The zero-order valence-corrected chi connectivity index (χ0v) is 5.61. The van der Waals surface area contributed by atoms with E-state index in [0.717, 1.165) is 6.66 Å². The molecule has 0 aromatic heterocycles.